The Labute approximate surface area is 145 Å². The Morgan fingerprint density at radius 2 is 1.50 bits per heavy atom. The van der Waals surface area contributed by atoms with E-state index in [0.29, 0.717) is 29.1 Å². The lowest BCUT2D eigenvalue weighted by atomic mass is 9.81. The molecule has 0 saturated carbocycles. The van der Waals surface area contributed by atoms with Gasteiger partial charge in [-0.15, -0.1) is 0 Å². The van der Waals surface area contributed by atoms with Gasteiger partial charge in [0.05, 0.1) is 12.8 Å². The minimum Gasteiger partial charge on any atom is -0.423 e. The average Bonchev–Trinajstić information content (AvgIpc) is 3.06. The average molecular weight is 391 g/mol. The van der Waals surface area contributed by atoms with Crippen LogP contribution in [0.25, 0.3) is 0 Å². The monoisotopic (exact) mass is 390 g/mol. The van der Waals surface area contributed by atoms with Crippen LogP contribution >= 0.6 is 15.9 Å². The van der Waals surface area contributed by atoms with Crippen molar-refractivity contribution in [2.75, 3.05) is 10.6 Å². The standard InChI is InChI=1S/C7H7BN2O3.C7H5BrN2O/c11-6-2-4-1-5(8(12)13)3-9-7(4)10-6;8-5-1-4-2-6(11)10-7(4)9-3-5/h1,3,12-13H,2H2,(H,9,10,11);1,3H,2H2,(H,9,10,11). The van der Waals surface area contributed by atoms with Gasteiger partial charge >= 0.3 is 7.12 Å². The van der Waals surface area contributed by atoms with Crippen molar-refractivity contribution in [2.45, 2.75) is 12.8 Å². The van der Waals surface area contributed by atoms with E-state index in [-0.39, 0.29) is 18.2 Å². The zero-order chi connectivity index (χ0) is 17.3. The molecule has 4 heterocycles. The van der Waals surface area contributed by atoms with Gasteiger partial charge in [-0.25, -0.2) is 9.97 Å². The molecule has 2 aromatic heterocycles. The van der Waals surface area contributed by atoms with E-state index >= 15 is 0 Å². The highest BCUT2D eigenvalue weighted by Gasteiger charge is 2.21. The predicted molar refractivity (Wildman–Crippen MR) is 90.7 cm³/mol. The Hall–Kier alpha value is -2.30. The molecule has 24 heavy (non-hydrogen) atoms. The molecule has 2 aromatic rings. The van der Waals surface area contributed by atoms with Crippen molar-refractivity contribution in [1.29, 1.82) is 0 Å². The van der Waals surface area contributed by atoms with Crippen molar-refractivity contribution in [2.24, 2.45) is 0 Å². The van der Waals surface area contributed by atoms with Crippen LogP contribution in [-0.2, 0) is 22.4 Å². The van der Waals surface area contributed by atoms with Gasteiger partial charge in [0.1, 0.15) is 11.6 Å². The van der Waals surface area contributed by atoms with Crippen LogP contribution in [0, 0.1) is 0 Å². The summed E-state index contributed by atoms with van der Waals surface area (Å²) in [6, 6.07) is 3.46. The molecule has 8 nitrogen and oxygen atoms in total. The number of hydrogen-bond donors (Lipinski definition) is 4. The van der Waals surface area contributed by atoms with Crippen molar-refractivity contribution in [3.63, 3.8) is 0 Å². The fourth-order valence-corrected chi connectivity index (χ4v) is 2.72. The third kappa shape index (κ3) is 3.61. The molecule has 0 spiro atoms. The predicted octanol–water partition coefficient (Wildman–Crippen LogP) is -0.405. The number of pyridine rings is 2. The molecule has 0 aromatic carbocycles. The minimum atomic E-state index is -1.53. The zero-order valence-corrected chi connectivity index (χ0v) is 13.9. The summed E-state index contributed by atoms with van der Waals surface area (Å²) in [6.07, 6.45) is 3.70. The lowest BCUT2D eigenvalue weighted by Crippen LogP contribution is -2.30. The highest BCUT2D eigenvalue weighted by molar-refractivity contribution is 9.10. The molecule has 0 fully saturated rings. The molecule has 0 radical (unpaired) electrons. The van der Waals surface area contributed by atoms with Crippen LogP contribution in [0.1, 0.15) is 11.1 Å². The molecule has 2 amide bonds. The second kappa shape index (κ2) is 6.67. The van der Waals surface area contributed by atoms with Gasteiger partial charge < -0.3 is 20.7 Å². The second-order valence-electron chi connectivity index (χ2n) is 5.26. The number of anilines is 2. The fourth-order valence-electron chi connectivity index (χ4n) is 2.34. The Morgan fingerprint density at radius 1 is 0.958 bits per heavy atom. The minimum absolute atomic E-state index is 0.0191. The van der Waals surface area contributed by atoms with Gasteiger partial charge in [0.15, 0.2) is 0 Å². The van der Waals surface area contributed by atoms with Crippen molar-refractivity contribution >= 4 is 52.0 Å². The largest absolute Gasteiger partial charge is 0.490 e. The second-order valence-corrected chi connectivity index (χ2v) is 6.18. The van der Waals surface area contributed by atoms with Crippen molar-refractivity contribution in [3.05, 3.63) is 40.1 Å². The molecular formula is C14H12BBrN4O4. The van der Waals surface area contributed by atoms with E-state index in [0.717, 1.165) is 10.0 Å². The quantitative estimate of drug-likeness (QED) is 0.491. The Balaban J connectivity index is 0.000000143. The molecular weight excluding hydrogens is 379 g/mol. The van der Waals surface area contributed by atoms with Crippen LogP contribution in [0.15, 0.2) is 29.0 Å². The lowest BCUT2D eigenvalue weighted by molar-refractivity contribution is -0.115. The third-order valence-electron chi connectivity index (χ3n) is 3.44. The van der Waals surface area contributed by atoms with E-state index in [4.69, 9.17) is 10.0 Å². The maximum Gasteiger partial charge on any atom is 0.490 e. The maximum atomic E-state index is 10.9. The molecule has 122 valence electrons. The number of fused-ring (bicyclic) bond motifs is 2. The zero-order valence-electron chi connectivity index (χ0n) is 12.3. The summed E-state index contributed by atoms with van der Waals surface area (Å²) in [5.74, 6) is 1.10. The highest BCUT2D eigenvalue weighted by atomic mass is 79.9. The van der Waals surface area contributed by atoms with Crippen LogP contribution in [0.3, 0.4) is 0 Å². The molecule has 2 aliphatic rings. The van der Waals surface area contributed by atoms with Gasteiger partial charge in [-0.1, -0.05) is 6.07 Å². The molecule has 0 aliphatic carbocycles. The fraction of sp³-hybridized carbons (Fsp3) is 0.143. The summed E-state index contributed by atoms with van der Waals surface area (Å²) < 4.78 is 0.910. The van der Waals surface area contributed by atoms with E-state index < -0.39 is 7.12 Å². The summed E-state index contributed by atoms with van der Waals surface area (Å²) >= 11 is 3.28. The van der Waals surface area contributed by atoms with Gasteiger partial charge in [-0.05, 0) is 22.0 Å². The molecule has 0 saturated heterocycles. The summed E-state index contributed by atoms with van der Waals surface area (Å²) in [4.78, 5) is 29.7. The number of nitrogens with zero attached hydrogens (tertiary/aromatic N) is 2. The smallest absolute Gasteiger partial charge is 0.423 e. The van der Waals surface area contributed by atoms with E-state index in [9.17, 15) is 9.59 Å². The first-order valence-corrected chi connectivity index (χ1v) is 7.81. The molecule has 0 atom stereocenters. The number of hydrogen-bond acceptors (Lipinski definition) is 6. The molecule has 0 bridgehead atoms. The van der Waals surface area contributed by atoms with Crippen LogP contribution in [-0.4, -0.2) is 38.9 Å². The molecule has 2 aliphatic heterocycles. The first-order valence-electron chi connectivity index (χ1n) is 7.01. The number of halogens is 1. The van der Waals surface area contributed by atoms with Crippen LogP contribution in [0.5, 0.6) is 0 Å². The van der Waals surface area contributed by atoms with Gasteiger partial charge in [-0.2, -0.15) is 0 Å². The van der Waals surface area contributed by atoms with Crippen LogP contribution < -0.4 is 16.1 Å². The van der Waals surface area contributed by atoms with E-state index in [2.05, 4.69) is 36.5 Å². The number of carbonyl (C=O) groups is 2. The van der Waals surface area contributed by atoms with E-state index in [1.54, 1.807) is 12.3 Å². The summed E-state index contributed by atoms with van der Waals surface area (Å²) in [6.45, 7) is 0. The Kier molecular flexibility index (Phi) is 4.61. The Bertz CT molecular complexity index is 830. The van der Waals surface area contributed by atoms with Gasteiger partial charge in [0.25, 0.3) is 0 Å². The number of aromatic nitrogens is 2. The first kappa shape index (κ1) is 16.6. The number of amides is 2. The van der Waals surface area contributed by atoms with Gasteiger partial charge in [0, 0.05) is 33.5 Å². The van der Waals surface area contributed by atoms with Crippen molar-refractivity contribution < 1.29 is 19.6 Å². The van der Waals surface area contributed by atoms with Gasteiger partial charge in [0.2, 0.25) is 11.8 Å². The highest BCUT2D eigenvalue weighted by Crippen LogP contribution is 2.22. The van der Waals surface area contributed by atoms with E-state index in [1.807, 2.05) is 6.07 Å². The molecule has 4 rings (SSSR count). The number of carbonyl (C=O) groups excluding carboxylic acids is 2. The third-order valence-corrected chi connectivity index (χ3v) is 3.87. The molecule has 0 unspecified atom stereocenters. The van der Waals surface area contributed by atoms with Crippen molar-refractivity contribution in [1.82, 2.24) is 9.97 Å². The van der Waals surface area contributed by atoms with Crippen molar-refractivity contribution in [3.8, 4) is 0 Å². The number of rotatable bonds is 1. The van der Waals surface area contributed by atoms with Gasteiger partial charge in [-0.3, -0.25) is 9.59 Å². The first-order chi connectivity index (χ1) is 11.4. The van der Waals surface area contributed by atoms with E-state index in [1.165, 1.54) is 6.20 Å². The summed E-state index contributed by atoms with van der Waals surface area (Å²) in [5.41, 5.74) is 1.97. The molecule has 10 heteroatoms. The van der Waals surface area contributed by atoms with Crippen LogP contribution in [0.4, 0.5) is 11.6 Å². The topological polar surface area (TPSA) is 124 Å². The number of nitrogens with one attached hydrogen (secondary N) is 2. The van der Waals surface area contributed by atoms with Crippen LogP contribution in [0.2, 0.25) is 0 Å². The maximum absolute atomic E-state index is 10.9. The summed E-state index contributed by atoms with van der Waals surface area (Å²) in [7, 11) is -1.53. The lowest BCUT2D eigenvalue weighted by Gasteiger charge is -2.00. The molecule has 4 N–H and O–H groups in total. The SMILES string of the molecule is O=C1Cc2cc(B(O)O)cnc2N1.O=C1Cc2cc(Br)cnc2N1. The normalized spacial score (nSPS) is 14.1. The summed E-state index contributed by atoms with van der Waals surface area (Å²) in [5, 5.41) is 22.9. The Morgan fingerprint density at radius 3 is 2.08 bits per heavy atom.